The topological polar surface area (TPSA) is 99.5 Å². The molecule has 1 aliphatic rings. The van der Waals surface area contributed by atoms with Crippen molar-refractivity contribution in [1.82, 2.24) is 15.4 Å². The molecule has 0 saturated heterocycles. The van der Waals surface area contributed by atoms with Crippen molar-refractivity contribution >= 4 is 23.2 Å². The van der Waals surface area contributed by atoms with E-state index in [-0.39, 0.29) is 0 Å². The molecule has 1 aromatic carbocycles. The quantitative estimate of drug-likeness (QED) is 0.563. The first-order valence-corrected chi connectivity index (χ1v) is 5.95. The van der Waals surface area contributed by atoms with Crippen molar-refractivity contribution in [2.24, 2.45) is 4.99 Å². The van der Waals surface area contributed by atoms with Crippen LogP contribution in [-0.2, 0) is 6.42 Å². The van der Waals surface area contributed by atoms with Crippen LogP contribution in [0.5, 0.6) is 0 Å². The van der Waals surface area contributed by atoms with Gasteiger partial charge in [0.25, 0.3) is 5.91 Å². The molecule has 7 heteroatoms. The van der Waals surface area contributed by atoms with Crippen molar-refractivity contribution in [2.45, 2.75) is 6.42 Å². The number of aromatic nitrogens is 2. The summed E-state index contributed by atoms with van der Waals surface area (Å²) >= 11 is 0. The van der Waals surface area contributed by atoms with Crippen molar-refractivity contribution in [3.8, 4) is 0 Å². The Bertz CT molecular complexity index is 699. The first-order valence-electron chi connectivity index (χ1n) is 5.95. The summed E-state index contributed by atoms with van der Waals surface area (Å²) in [5, 5.41) is 11.7. The van der Waals surface area contributed by atoms with E-state index in [0.717, 1.165) is 5.69 Å². The fourth-order valence-electron chi connectivity index (χ4n) is 1.95. The summed E-state index contributed by atoms with van der Waals surface area (Å²) in [5.74, 6) is 0.764. The van der Waals surface area contributed by atoms with Crippen LogP contribution in [0.3, 0.4) is 0 Å². The molecule has 100 valence electrons. The lowest BCUT2D eigenvalue weighted by molar-refractivity contribution is 0.0706. The smallest absolute Gasteiger partial charge is 0.274 e. The summed E-state index contributed by atoms with van der Waals surface area (Å²) in [6.45, 7) is 0. The maximum atomic E-state index is 11.3. The SMILES string of the molecule is O=C(NO)c1cccc(NC2=Nc3nccnc3C2)c1. The number of anilines is 1. The van der Waals surface area contributed by atoms with Gasteiger partial charge in [-0.15, -0.1) is 0 Å². The molecule has 2 aromatic rings. The molecule has 0 unspecified atom stereocenters. The highest BCUT2D eigenvalue weighted by Gasteiger charge is 2.16. The predicted molar refractivity (Wildman–Crippen MR) is 72.1 cm³/mol. The van der Waals surface area contributed by atoms with Crippen LogP contribution in [0.25, 0.3) is 0 Å². The first kappa shape index (κ1) is 12.2. The largest absolute Gasteiger partial charge is 0.343 e. The summed E-state index contributed by atoms with van der Waals surface area (Å²) in [6, 6.07) is 6.75. The number of hydroxylamine groups is 1. The second-order valence-corrected chi connectivity index (χ2v) is 4.21. The lowest BCUT2D eigenvalue weighted by Gasteiger charge is -2.06. The Labute approximate surface area is 114 Å². The van der Waals surface area contributed by atoms with Crippen LogP contribution in [0.4, 0.5) is 11.5 Å². The average molecular weight is 269 g/mol. The molecule has 0 atom stereocenters. The minimum absolute atomic E-state index is 0.352. The van der Waals surface area contributed by atoms with Gasteiger partial charge in [-0.3, -0.25) is 15.0 Å². The van der Waals surface area contributed by atoms with Crippen LogP contribution in [0.2, 0.25) is 0 Å². The number of hydrogen-bond acceptors (Lipinski definition) is 6. The van der Waals surface area contributed by atoms with Crippen molar-refractivity contribution in [1.29, 1.82) is 0 Å². The van der Waals surface area contributed by atoms with E-state index >= 15 is 0 Å². The fourth-order valence-corrected chi connectivity index (χ4v) is 1.95. The Morgan fingerprint density at radius 3 is 2.90 bits per heavy atom. The summed E-state index contributed by atoms with van der Waals surface area (Å²) in [4.78, 5) is 24.0. The summed E-state index contributed by atoms with van der Waals surface area (Å²) in [7, 11) is 0. The minimum Gasteiger partial charge on any atom is -0.343 e. The first-order chi connectivity index (χ1) is 9.76. The molecule has 1 amide bonds. The molecule has 3 N–H and O–H groups in total. The number of nitrogens with one attached hydrogen (secondary N) is 2. The Morgan fingerprint density at radius 2 is 2.10 bits per heavy atom. The Morgan fingerprint density at radius 1 is 1.25 bits per heavy atom. The van der Waals surface area contributed by atoms with Gasteiger partial charge in [-0.25, -0.2) is 15.5 Å². The van der Waals surface area contributed by atoms with Crippen molar-refractivity contribution in [3.63, 3.8) is 0 Å². The van der Waals surface area contributed by atoms with Gasteiger partial charge in [0.15, 0.2) is 5.82 Å². The van der Waals surface area contributed by atoms with E-state index in [1.165, 1.54) is 0 Å². The third-order valence-corrected chi connectivity index (χ3v) is 2.84. The van der Waals surface area contributed by atoms with Gasteiger partial charge in [-0.1, -0.05) is 6.07 Å². The third kappa shape index (κ3) is 2.34. The molecule has 0 spiro atoms. The average Bonchev–Trinajstić information content (AvgIpc) is 2.88. The van der Waals surface area contributed by atoms with Gasteiger partial charge in [0.2, 0.25) is 0 Å². The number of carbonyl (C=O) groups excluding carboxylic acids is 1. The summed E-state index contributed by atoms with van der Waals surface area (Å²) < 4.78 is 0. The highest BCUT2D eigenvalue weighted by molar-refractivity contribution is 6.02. The van der Waals surface area contributed by atoms with Gasteiger partial charge in [0.05, 0.1) is 12.1 Å². The van der Waals surface area contributed by atoms with E-state index < -0.39 is 5.91 Å². The monoisotopic (exact) mass is 269 g/mol. The van der Waals surface area contributed by atoms with Crippen molar-refractivity contribution in [2.75, 3.05) is 5.32 Å². The number of nitrogens with zero attached hydrogens (tertiary/aromatic N) is 3. The Hall–Kier alpha value is -2.80. The van der Waals surface area contributed by atoms with Crippen LogP contribution in [0, 0.1) is 0 Å². The molecule has 0 aliphatic carbocycles. The molecule has 7 nitrogen and oxygen atoms in total. The molecule has 1 aromatic heterocycles. The van der Waals surface area contributed by atoms with Crippen molar-refractivity contribution in [3.05, 3.63) is 47.9 Å². The number of amidine groups is 1. The van der Waals surface area contributed by atoms with Gasteiger partial charge in [-0.05, 0) is 18.2 Å². The van der Waals surface area contributed by atoms with Crippen molar-refractivity contribution < 1.29 is 10.0 Å². The van der Waals surface area contributed by atoms with Crippen LogP contribution in [0.15, 0.2) is 41.7 Å². The van der Waals surface area contributed by atoms with Gasteiger partial charge in [0, 0.05) is 23.6 Å². The number of carbonyl (C=O) groups is 1. The zero-order valence-electron chi connectivity index (χ0n) is 10.4. The number of hydrogen-bond donors (Lipinski definition) is 3. The van der Waals surface area contributed by atoms with Gasteiger partial charge in [0.1, 0.15) is 5.84 Å². The third-order valence-electron chi connectivity index (χ3n) is 2.84. The summed E-state index contributed by atoms with van der Waals surface area (Å²) in [6.07, 6.45) is 3.79. The van der Waals surface area contributed by atoms with Crippen LogP contribution < -0.4 is 10.8 Å². The molecule has 1 aliphatic heterocycles. The molecular weight excluding hydrogens is 258 g/mol. The maximum Gasteiger partial charge on any atom is 0.274 e. The van der Waals surface area contributed by atoms with E-state index in [9.17, 15) is 4.79 Å². The predicted octanol–water partition coefficient (Wildman–Crippen LogP) is 1.29. The molecule has 3 rings (SSSR count). The molecule has 0 saturated carbocycles. The molecule has 0 radical (unpaired) electrons. The number of amides is 1. The van der Waals surface area contributed by atoms with E-state index in [1.807, 2.05) is 0 Å². The Balaban J connectivity index is 1.79. The Kier molecular flexibility index (Phi) is 3.10. The van der Waals surface area contributed by atoms with Gasteiger partial charge >= 0.3 is 0 Å². The number of rotatable bonds is 2. The molecule has 0 fully saturated rings. The highest BCUT2D eigenvalue weighted by Crippen LogP contribution is 2.22. The standard InChI is InChI=1S/C13H11N5O2/c19-13(18-20)8-2-1-3-9(6-8)16-11-7-10-12(17-11)15-5-4-14-10/h1-6,20H,7H2,(H,18,19)(H,15,16,17). The molecule has 2 heterocycles. The van der Waals surface area contributed by atoms with E-state index in [1.54, 1.807) is 42.1 Å². The van der Waals surface area contributed by atoms with Crippen LogP contribution in [-0.4, -0.2) is 26.9 Å². The van der Waals surface area contributed by atoms with Crippen LogP contribution >= 0.6 is 0 Å². The fraction of sp³-hybridized carbons (Fsp3) is 0.0769. The second-order valence-electron chi connectivity index (χ2n) is 4.21. The molecule has 20 heavy (non-hydrogen) atoms. The lowest BCUT2D eigenvalue weighted by Crippen LogP contribution is -2.19. The normalized spacial score (nSPS) is 12.6. The summed E-state index contributed by atoms with van der Waals surface area (Å²) in [5.41, 5.74) is 3.48. The highest BCUT2D eigenvalue weighted by atomic mass is 16.5. The molecular formula is C13H11N5O2. The zero-order chi connectivity index (χ0) is 13.9. The van der Waals surface area contributed by atoms with E-state index in [2.05, 4.69) is 20.3 Å². The van der Waals surface area contributed by atoms with E-state index in [4.69, 9.17) is 5.21 Å². The number of benzene rings is 1. The molecule has 0 bridgehead atoms. The van der Waals surface area contributed by atoms with Gasteiger partial charge in [-0.2, -0.15) is 0 Å². The lowest BCUT2D eigenvalue weighted by atomic mass is 10.2. The minimum atomic E-state index is -0.561. The number of fused-ring (bicyclic) bond motifs is 1. The zero-order valence-corrected chi connectivity index (χ0v) is 10.4. The maximum absolute atomic E-state index is 11.3. The van der Waals surface area contributed by atoms with Crippen LogP contribution in [0.1, 0.15) is 16.1 Å². The van der Waals surface area contributed by atoms with E-state index in [0.29, 0.717) is 29.3 Å². The second kappa shape index (κ2) is 5.06. The number of aliphatic imine (C=N–C) groups is 1. The van der Waals surface area contributed by atoms with Gasteiger partial charge < -0.3 is 5.32 Å².